The van der Waals surface area contributed by atoms with Gasteiger partial charge < -0.3 is 10.6 Å². The first kappa shape index (κ1) is 19.2. The number of hydrogen-bond donors (Lipinski definition) is 2. The van der Waals surface area contributed by atoms with Crippen molar-refractivity contribution in [1.29, 1.82) is 0 Å². The molecule has 1 atom stereocenters. The van der Waals surface area contributed by atoms with E-state index in [1.165, 1.54) is 12.1 Å². The summed E-state index contributed by atoms with van der Waals surface area (Å²) in [7, 11) is 0. The largest absolute Gasteiger partial charge is 0.352 e. The van der Waals surface area contributed by atoms with Crippen LogP contribution in [0.4, 0.5) is 11.4 Å². The highest BCUT2D eigenvalue weighted by Crippen LogP contribution is 2.23. The van der Waals surface area contributed by atoms with Crippen LogP contribution in [0.2, 0.25) is 0 Å². The molecule has 9 nitrogen and oxygen atoms in total. The van der Waals surface area contributed by atoms with E-state index < -0.39 is 11.0 Å². The van der Waals surface area contributed by atoms with Crippen LogP contribution >= 0.6 is 0 Å². The van der Waals surface area contributed by atoms with Crippen molar-refractivity contribution in [1.82, 2.24) is 15.1 Å². The molecule has 1 saturated carbocycles. The highest BCUT2D eigenvalue weighted by atomic mass is 16.6. The summed E-state index contributed by atoms with van der Waals surface area (Å²) in [4.78, 5) is 39.1. The van der Waals surface area contributed by atoms with Gasteiger partial charge in [-0.3, -0.25) is 29.5 Å². The number of rotatable bonds is 7. The Labute approximate surface area is 157 Å². The lowest BCUT2D eigenvalue weighted by atomic mass is 10.2. The first-order chi connectivity index (χ1) is 12.9. The van der Waals surface area contributed by atoms with Crippen LogP contribution in [0.15, 0.2) is 24.3 Å². The van der Waals surface area contributed by atoms with Crippen LogP contribution in [0, 0.1) is 10.1 Å². The molecule has 2 N–H and O–H groups in total. The molecule has 2 aliphatic rings. The average Bonchev–Trinajstić information content (AvgIpc) is 3.45. The Balaban J connectivity index is 1.48. The summed E-state index contributed by atoms with van der Waals surface area (Å²) in [5.74, 6) is -0.211. The number of benzene rings is 1. The molecule has 27 heavy (non-hydrogen) atoms. The molecule has 1 aromatic rings. The van der Waals surface area contributed by atoms with Crippen molar-refractivity contribution in [3.8, 4) is 0 Å². The monoisotopic (exact) mass is 375 g/mol. The van der Waals surface area contributed by atoms with E-state index in [1.54, 1.807) is 19.1 Å². The minimum atomic E-state index is -0.508. The molecule has 1 aliphatic heterocycles. The van der Waals surface area contributed by atoms with Crippen molar-refractivity contribution in [2.24, 2.45) is 0 Å². The van der Waals surface area contributed by atoms with Crippen molar-refractivity contribution in [2.45, 2.75) is 31.8 Å². The number of amides is 2. The number of carbonyl (C=O) groups excluding carboxylic acids is 2. The molecule has 146 valence electrons. The molecule has 1 aromatic carbocycles. The summed E-state index contributed by atoms with van der Waals surface area (Å²) in [5.41, 5.74) is 0.0827. The van der Waals surface area contributed by atoms with E-state index in [1.807, 2.05) is 4.90 Å². The summed E-state index contributed by atoms with van der Waals surface area (Å²) in [5, 5.41) is 16.7. The molecule has 3 rings (SSSR count). The zero-order valence-electron chi connectivity index (χ0n) is 15.4. The van der Waals surface area contributed by atoms with Crippen LogP contribution < -0.4 is 10.6 Å². The number of anilines is 1. The Morgan fingerprint density at radius 3 is 2.52 bits per heavy atom. The van der Waals surface area contributed by atoms with E-state index >= 15 is 0 Å². The second-order valence-electron chi connectivity index (χ2n) is 7.09. The fourth-order valence-corrected chi connectivity index (χ4v) is 3.15. The highest BCUT2D eigenvalue weighted by molar-refractivity contribution is 5.96. The van der Waals surface area contributed by atoms with Gasteiger partial charge in [0.1, 0.15) is 5.69 Å². The maximum absolute atomic E-state index is 12.5. The Morgan fingerprint density at radius 1 is 1.22 bits per heavy atom. The normalized spacial score (nSPS) is 19.3. The van der Waals surface area contributed by atoms with Crippen molar-refractivity contribution >= 4 is 23.2 Å². The molecule has 0 aromatic heterocycles. The molecule has 1 saturated heterocycles. The number of hydrogen-bond acceptors (Lipinski definition) is 6. The molecule has 2 amide bonds. The van der Waals surface area contributed by atoms with E-state index in [2.05, 4.69) is 15.5 Å². The van der Waals surface area contributed by atoms with Crippen molar-refractivity contribution < 1.29 is 14.5 Å². The number of carbonyl (C=O) groups is 2. The van der Waals surface area contributed by atoms with Crippen LogP contribution in [0.25, 0.3) is 0 Å². The van der Waals surface area contributed by atoms with Gasteiger partial charge in [-0.1, -0.05) is 12.1 Å². The lowest BCUT2D eigenvalue weighted by Gasteiger charge is -2.37. The summed E-state index contributed by atoms with van der Waals surface area (Å²) in [6.45, 7) is 4.94. The topological polar surface area (TPSA) is 108 Å². The minimum Gasteiger partial charge on any atom is -0.352 e. The van der Waals surface area contributed by atoms with E-state index in [4.69, 9.17) is 0 Å². The minimum absolute atomic E-state index is 0.0631. The van der Waals surface area contributed by atoms with E-state index in [-0.39, 0.29) is 23.2 Å². The second kappa shape index (κ2) is 8.45. The molecule has 1 unspecified atom stereocenters. The number of nitro groups is 1. The fraction of sp³-hybridized carbons (Fsp3) is 0.556. The van der Waals surface area contributed by atoms with Gasteiger partial charge in [0.15, 0.2) is 0 Å². The average molecular weight is 375 g/mol. The van der Waals surface area contributed by atoms with Crippen LogP contribution in [0.1, 0.15) is 19.8 Å². The van der Waals surface area contributed by atoms with Gasteiger partial charge in [0, 0.05) is 38.3 Å². The van der Waals surface area contributed by atoms with Crippen molar-refractivity contribution in [2.75, 3.05) is 38.0 Å². The van der Waals surface area contributed by atoms with E-state index in [9.17, 15) is 19.7 Å². The predicted molar refractivity (Wildman–Crippen MR) is 100 cm³/mol. The third kappa shape index (κ3) is 5.24. The standard InChI is InChI=1S/C18H25N5O4/c1-13(18(25)20-15-4-2-3-5-16(15)23(26)27)22-10-8-21(9-11-22)12-17(24)19-14-6-7-14/h2-5,13-14H,6-12H2,1H3,(H,19,24)(H,20,25). The maximum Gasteiger partial charge on any atom is 0.292 e. The molecular weight excluding hydrogens is 350 g/mol. The van der Waals surface area contributed by atoms with Crippen molar-refractivity contribution in [3.63, 3.8) is 0 Å². The zero-order valence-corrected chi connectivity index (χ0v) is 15.4. The molecule has 9 heteroatoms. The van der Waals surface area contributed by atoms with E-state index in [0.717, 1.165) is 12.8 Å². The smallest absolute Gasteiger partial charge is 0.292 e. The lowest BCUT2D eigenvalue weighted by molar-refractivity contribution is -0.383. The Hall–Kier alpha value is -2.52. The predicted octanol–water partition coefficient (Wildman–Crippen LogP) is 0.818. The highest BCUT2D eigenvalue weighted by Gasteiger charge is 2.29. The van der Waals surface area contributed by atoms with Crippen molar-refractivity contribution in [3.05, 3.63) is 34.4 Å². The summed E-state index contributed by atoms with van der Waals surface area (Å²) in [6, 6.07) is 6.07. The van der Waals surface area contributed by atoms with Crippen LogP contribution in [-0.2, 0) is 9.59 Å². The summed E-state index contributed by atoms with van der Waals surface area (Å²) in [6.07, 6.45) is 2.15. The van der Waals surface area contributed by atoms with Gasteiger partial charge >= 0.3 is 0 Å². The molecular formula is C18H25N5O4. The first-order valence-electron chi connectivity index (χ1n) is 9.24. The van der Waals surface area contributed by atoms with Gasteiger partial charge in [0.2, 0.25) is 11.8 Å². The molecule has 2 fully saturated rings. The fourth-order valence-electron chi connectivity index (χ4n) is 3.15. The van der Waals surface area contributed by atoms with Gasteiger partial charge in [-0.05, 0) is 25.8 Å². The van der Waals surface area contributed by atoms with Crippen LogP contribution in [0.3, 0.4) is 0 Å². The molecule has 1 aliphatic carbocycles. The van der Waals surface area contributed by atoms with Crippen LogP contribution in [0.5, 0.6) is 0 Å². The Morgan fingerprint density at radius 2 is 1.89 bits per heavy atom. The molecule has 1 heterocycles. The Bertz CT molecular complexity index is 713. The third-order valence-corrected chi connectivity index (χ3v) is 5.00. The zero-order chi connectivity index (χ0) is 19.4. The molecule has 0 spiro atoms. The van der Waals surface area contributed by atoms with Gasteiger partial charge in [-0.25, -0.2) is 0 Å². The number of para-hydroxylation sites is 2. The SMILES string of the molecule is CC(C(=O)Nc1ccccc1[N+](=O)[O-])N1CCN(CC(=O)NC2CC2)CC1. The molecule has 0 radical (unpaired) electrons. The number of nitrogens with zero attached hydrogens (tertiary/aromatic N) is 3. The first-order valence-corrected chi connectivity index (χ1v) is 9.24. The quantitative estimate of drug-likeness (QED) is 0.540. The molecule has 0 bridgehead atoms. The maximum atomic E-state index is 12.5. The second-order valence-corrected chi connectivity index (χ2v) is 7.09. The lowest BCUT2D eigenvalue weighted by Crippen LogP contribution is -2.54. The summed E-state index contributed by atoms with van der Waals surface area (Å²) < 4.78 is 0. The van der Waals surface area contributed by atoms with Crippen LogP contribution in [-0.4, -0.2) is 71.3 Å². The number of nitrogens with one attached hydrogen (secondary N) is 2. The van der Waals surface area contributed by atoms with Gasteiger partial charge in [0.05, 0.1) is 17.5 Å². The van der Waals surface area contributed by atoms with Gasteiger partial charge in [-0.2, -0.15) is 0 Å². The third-order valence-electron chi connectivity index (χ3n) is 5.00. The summed E-state index contributed by atoms with van der Waals surface area (Å²) >= 11 is 0. The van der Waals surface area contributed by atoms with Gasteiger partial charge in [0.25, 0.3) is 5.69 Å². The number of piperazine rings is 1. The number of nitro benzene ring substituents is 1. The van der Waals surface area contributed by atoms with E-state index in [0.29, 0.717) is 38.8 Å². The van der Waals surface area contributed by atoms with Gasteiger partial charge in [-0.15, -0.1) is 0 Å². The Kier molecular flexibility index (Phi) is 6.02.